The number of amides is 1. The number of aromatic nitrogens is 3. The van der Waals surface area contributed by atoms with Gasteiger partial charge in [0.1, 0.15) is 0 Å². The van der Waals surface area contributed by atoms with Crippen LogP contribution < -0.4 is 5.32 Å². The van der Waals surface area contributed by atoms with Crippen molar-refractivity contribution >= 4 is 22.8 Å². The van der Waals surface area contributed by atoms with Gasteiger partial charge in [-0.3, -0.25) is 14.7 Å². The van der Waals surface area contributed by atoms with Crippen LogP contribution in [0.2, 0.25) is 0 Å². The van der Waals surface area contributed by atoms with E-state index < -0.39 is 0 Å². The molecular formula is C35H39N5O. The lowest BCUT2D eigenvalue weighted by molar-refractivity contribution is 0.102. The Hall–Kier alpha value is -4.16. The molecule has 210 valence electrons. The lowest BCUT2D eigenvalue weighted by Gasteiger charge is -2.26. The lowest BCUT2D eigenvalue weighted by Crippen LogP contribution is -2.30. The average molecular weight is 546 g/mol. The zero-order valence-corrected chi connectivity index (χ0v) is 23.7. The van der Waals surface area contributed by atoms with E-state index in [0.29, 0.717) is 11.5 Å². The summed E-state index contributed by atoms with van der Waals surface area (Å²) in [6.07, 6.45) is 13.9. The molecule has 0 saturated carbocycles. The molecule has 2 aromatic heterocycles. The standard InChI is InChI=1S/C35H39N5O/c41-34(30-13-11-12-27(25-30)28-17-18-33-29(24-28)19-20-36-33)38-35-37-31(26-40(35)32-15-6-3-7-16-32)14-5-1-2-8-21-39-22-9-4-10-23-39/h3,6-7,11-13,15-20,24-26,36H,1-2,4-5,8-10,14,21-23H2,(H,37,38,41). The number of unbranched alkanes of at least 4 members (excludes halogenated alkanes) is 3. The van der Waals surface area contributed by atoms with Crippen LogP contribution in [-0.2, 0) is 6.42 Å². The molecule has 6 nitrogen and oxygen atoms in total. The number of rotatable bonds is 11. The summed E-state index contributed by atoms with van der Waals surface area (Å²) in [5.74, 6) is 0.391. The van der Waals surface area contributed by atoms with Crippen molar-refractivity contribution in [1.29, 1.82) is 0 Å². The third-order valence-electron chi connectivity index (χ3n) is 8.13. The summed E-state index contributed by atoms with van der Waals surface area (Å²) in [7, 11) is 0. The zero-order chi connectivity index (χ0) is 27.9. The zero-order valence-electron chi connectivity index (χ0n) is 23.7. The number of hydrogen-bond donors (Lipinski definition) is 2. The number of para-hydroxylation sites is 1. The fraction of sp³-hybridized carbons (Fsp3) is 0.314. The molecule has 41 heavy (non-hydrogen) atoms. The maximum atomic E-state index is 13.5. The molecule has 3 aromatic carbocycles. The molecule has 2 N–H and O–H groups in total. The maximum Gasteiger partial charge on any atom is 0.258 e. The Morgan fingerprint density at radius 1 is 0.829 bits per heavy atom. The SMILES string of the molecule is O=C(Nc1nc(CCCCCCN2CCCCC2)cn1-c1ccccc1)c1cccc(-c2ccc3[nH]ccc3c2)c1. The Balaban J connectivity index is 1.12. The highest BCUT2D eigenvalue weighted by Gasteiger charge is 2.15. The van der Waals surface area contributed by atoms with Gasteiger partial charge in [-0.15, -0.1) is 0 Å². The number of likely N-dealkylation sites (tertiary alicyclic amines) is 1. The summed E-state index contributed by atoms with van der Waals surface area (Å²) < 4.78 is 1.99. The second-order valence-corrected chi connectivity index (χ2v) is 11.1. The quantitative estimate of drug-likeness (QED) is 0.166. The van der Waals surface area contributed by atoms with E-state index in [-0.39, 0.29) is 5.91 Å². The molecule has 0 unspecified atom stereocenters. The molecule has 3 heterocycles. The monoisotopic (exact) mass is 545 g/mol. The van der Waals surface area contributed by atoms with Gasteiger partial charge in [0.2, 0.25) is 5.95 Å². The van der Waals surface area contributed by atoms with Crippen molar-refractivity contribution in [3.05, 3.63) is 103 Å². The van der Waals surface area contributed by atoms with E-state index in [4.69, 9.17) is 4.98 Å². The van der Waals surface area contributed by atoms with Crippen molar-refractivity contribution in [3.8, 4) is 16.8 Å². The normalized spacial score (nSPS) is 14.0. The smallest absolute Gasteiger partial charge is 0.258 e. The number of hydrogen-bond acceptors (Lipinski definition) is 3. The predicted octanol–water partition coefficient (Wildman–Crippen LogP) is 7.86. The van der Waals surface area contributed by atoms with Crippen molar-refractivity contribution in [1.82, 2.24) is 19.4 Å². The number of piperidine rings is 1. The van der Waals surface area contributed by atoms with Crippen LogP contribution in [0.15, 0.2) is 91.3 Å². The first-order valence-corrected chi connectivity index (χ1v) is 15.1. The molecule has 5 aromatic rings. The van der Waals surface area contributed by atoms with Gasteiger partial charge in [-0.2, -0.15) is 0 Å². The molecular weight excluding hydrogens is 506 g/mol. The van der Waals surface area contributed by atoms with E-state index in [2.05, 4.69) is 45.7 Å². The van der Waals surface area contributed by atoms with E-state index >= 15 is 0 Å². The summed E-state index contributed by atoms with van der Waals surface area (Å²) in [5, 5.41) is 4.25. The summed E-state index contributed by atoms with van der Waals surface area (Å²) in [6, 6.07) is 26.2. The van der Waals surface area contributed by atoms with E-state index in [1.807, 2.05) is 65.4 Å². The Kier molecular flexibility index (Phi) is 8.57. The van der Waals surface area contributed by atoms with Gasteiger partial charge in [0.05, 0.1) is 5.69 Å². The Morgan fingerprint density at radius 2 is 1.66 bits per heavy atom. The van der Waals surface area contributed by atoms with Crippen LogP contribution in [0.3, 0.4) is 0 Å². The summed E-state index contributed by atoms with van der Waals surface area (Å²) in [5.41, 5.74) is 5.78. The number of nitrogens with one attached hydrogen (secondary N) is 2. The number of carbonyl (C=O) groups excluding carboxylic acids is 1. The van der Waals surface area contributed by atoms with E-state index in [1.165, 1.54) is 58.2 Å². The van der Waals surface area contributed by atoms with Crippen molar-refractivity contribution in [3.63, 3.8) is 0 Å². The molecule has 0 aliphatic carbocycles. The number of imidazole rings is 1. The number of anilines is 1. The van der Waals surface area contributed by atoms with Crippen LogP contribution in [0.5, 0.6) is 0 Å². The Labute approximate surface area is 242 Å². The van der Waals surface area contributed by atoms with E-state index in [1.54, 1.807) is 0 Å². The van der Waals surface area contributed by atoms with Gasteiger partial charge in [0.15, 0.2) is 0 Å². The fourth-order valence-electron chi connectivity index (χ4n) is 5.85. The highest BCUT2D eigenvalue weighted by Crippen LogP contribution is 2.26. The van der Waals surface area contributed by atoms with Crippen molar-refractivity contribution in [2.75, 3.05) is 25.0 Å². The highest BCUT2D eigenvalue weighted by molar-refractivity contribution is 6.04. The van der Waals surface area contributed by atoms with Crippen molar-refractivity contribution in [2.45, 2.75) is 51.4 Å². The second kappa shape index (κ2) is 13.0. The number of carbonyl (C=O) groups is 1. The first kappa shape index (κ1) is 27.0. The average Bonchev–Trinajstić information content (AvgIpc) is 3.66. The molecule has 1 fully saturated rings. The minimum absolute atomic E-state index is 0.165. The summed E-state index contributed by atoms with van der Waals surface area (Å²) in [6.45, 7) is 3.79. The molecule has 1 amide bonds. The van der Waals surface area contributed by atoms with E-state index in [0.717, 1.165) is 46.3 Å². The number of aryl methyl sites for hydroxylation is 1. The Bertz CT molecular complexity index is 1580. The predicted molar refractivity (Wildman–Crippen MR) is 168 cm³/mol. The lowest BCUT2D eigenvalue weighted by atomic mass is 10.0. The first-order chi connectivity index (χ1) is 20.2. The number of fused-ring (bicyclic) bond motifs is 1. The molecule has 0 radical (unpaired) electrons. The maximum absolute atomic E-state index is 13.5. The molecule has 0 atom stereocenters. The van der Waals surface area contributed by atoms with Crippen LogP contribution in [0.4, 0.5) is 5.95 Å². The molecule has 1 saturated heterocycles. The number of benzene rings is 3. The fourth-order valence-corrected chi connectivity index (χ4v) is 5.85. The van der Waals surface area contributed by atoms with Gasteiger partial charge in [0.25, 0.3) is 5.91 Å². The van der Waals surface area contributed by atoms with Crippen molar-refractivity contribution < 1.29 is 4.79 Å². The van der Waals surface area contributed by atoms with Gasteiger partial charge in [0, 0.05) is 29.2 Å². The third kappa shape index (κ3) is 6.77. The van der Waals surface area contributed by atoms with Gasteiger partial charge in [-0.05, 0) is 111 Å². The van der Waals surface area contributed by atoms with Gasteiger partial charge < -0.3 is 9.88 Å². The van der Waals surface area contributed by atoms with Crippen LogP contribution in [0, 0.1) is 0 Å². The largest absolute Gasteiger partial charge is 0.361 e. The number of nitrogens with zero attached hydrogens (tertiary/aromatic N) is 3. The minimum atomic E-state index is -0.165. The molecule has 1 aliphatic rings. The number of aromatic amines is 1. The van der Waals surface area contributed by atoms with Crippen LogP contribution in [0.25, 0.3) is 27.7 Å². The van der Waals surface area contributed by atoms with Gasteiger partial charge >= 0.3 is 0 Å². The molecule has 6 heteroatoms. The molecule has 1 aliphatic heterocycles. The van der Waals surface area contributed by atoms with Crippen molar-refractivity contribution in [2.24, 2.45) is 0 Å². The first-order valence-electron chi connectivity index (χ1n) is 15.1. The van der Waals surface area contributed by atoms with Gasteiger partial charge in [-0.1, -0.05) is 55.7 Å². The number of H-pyrrole nitrogens is 1. The molecule has 0 spiro atoms. The minimum Gasteiger partial charge on any atom is -0.361 e. The van der Waals surface area contributed by atoms with Gasteiger partial charge in [-0.25, -0.2) is 4.98 Å². The third-order valence-corrected chi connectivity index (χ3v) is 8.13. The van der Waals surface area contributed by atoms with Crippen LogP contribution in [-0.4, -0.2) is 45.0 Å². The second-order valence-electron chi connectivity index (χ2n) is 11.1. The molecule has 0 bridgehead atoms. The Morgan fingerprint density at radius 3 is 2.54 bits per heavy atom. The molecule has 6 rings (SSSR count). The van der Waals surface area contributed by atoms with Crippen LogP contribution in [0.1, 0.15) is 61.0 Å². The van der Waals surface area contributed by atoms with Crippen LogP contribution >= 0.6 is 0 Å². The summed E-state index contributed by atoms with van der Waals surface area (Å²) in [4.78, 5) is 24.2. The highest BCUT2D eigenvalue weighted by atomic mass is 16.1. The topological polar surface area (TPSA) is 66.0 Å². The summed E-state index contributed by atoms with van der Waals surface area (Å²) >= 11 is 0. The van der Waals surface area contributed by atoms with E-state index in [9.17, 15) is 4.79 Å².